The van der Waals surface area contributed by atoms with Gasteiger partial charge in [0, 0.05) is 0 Å². The van der Waals surface area contributed by atoms with Crippen molar-refractivity contribution in [3.8, 4) is 18.2 Å². The van der Waals surface area contributed by atoms with Gasteiger partial charge in [-0.15, -0.1) is 0 Å². The Kier molecular flexibility index (Phi) is 4.57. The molecule has 0 aromatic heterocycles. The summed E-state index contributed by atoms with van der Waals surface area (Å²) in [5.74, 6) is 0.985. The van der Waals surface area contributed by atoms with E-state index in [2.05, 4.69) is 18.2 Å². The van der Waals surface area contributed by atoms with Gasteiger partial charge in [0.05, 0.1) is 40.8 Å². The molecule has 3 rings (SSSR count). The van der Waals surface area contributed by atoms with E-state index >= 15 is 0 Å². The molecule has 0 amide bonds. The zero-order valence-corrected chi connectivity index (χ0v) is 13.3. The van der Waals surface area contributed by atoms with Crippen LogP contribution in [0, 0.1) is 39.9 Å². The molecule has 0 unspecified atom stereocenters. The van der Waals surface area contributed by atoms with Crippen LogP contribution in [0.1, 0.15) is 33.4 Å². The Bertz CT molecular complexity index is 857. The Morgan fingerprint density at radius 3 is 0.880 bits per heavy atom. The summed E-state index contributed by atoms with van der Waals surface area (Å²) in [5, 5.41) is 27.0. The molecule has 0 bridgehead atoms. The molecule has 1 radical (unpaired) electrons. The number of benzene rings is 3. The minimum atomic E-state index is 0.600. The number of hydrogen-bond donors (Lipinski definition) is 0. The summed E-state index contributed by atoms with van der Waals surface area (Å²) < 4.78 is 0. The lowest BCUT2D eigenvalue weighted by molar-refractivity contribution is 1.22. The van der Waals surface area contributed by atoms with Crippen LogP contribution in [0.5, 0.6) is 0 Å². The van der Waals surface area contributed by atoms with Gasteiger partial charge in [-0.3, -0.25) is 0 Å². The topological polar surface area (TPSA) is 71.4 Å². The minimum absolute atomic E-state index is 0.600. The van der Waals surface area contributed by atoms with Crippen LogP contribution in [-0.2, 0) is 0 Å². The van der Waals surface area contributed by atoms with Crippen LogP contribution in [0.3, 0.4) is 0 Å². The van der Waals surface area contributed by atoms with Gasteiger partial charge in [-0.25, -0.2) is 0 Å². The Balaban J connectivity index is 2.10. The van der Waals surface area contributed by atoms with Crippen molar-refractivity contribution in [3.63, 3.8) is 0 Å². The first-order valence-electron chi connectivity index (χ1n) is 7.63. The van der Waals surface area contributed by atoms with Crippen LogP contribution in [0.4, 0.5) is 0 Å². The van der Waals surface area contributed by atoms with Gasteiger partial charge in [0.1, 0.15) is 0 Å². The number of nitrogens with zero attached hydrogens (tertiary/aromatic N) is 3. The predicted molar refractivity (Wildman–Crippen MR) is 94.0 cm³/mol. The number of hydrogen-bond acceptors (Lipinski definition) is 3. The second-order valence-corrected chi connectivity index (χ2v) is 5.44. The van der Waals surface area contributed by atoms with Crippen molar-refractivity contribution in [3.05, 3.63) is 112 Å². The van der Waals surface area contributed by atoms with Crippen molar-refractivity contribution in [2.75, 3.05) is 0 Å². The summed E-state index contributed by atoms with van der Waals surface area (Å²) in [6, 6.07) is 28.5. The molecule has 0 aliphatic heterocycles. The highest BCUT2D eigenvalue weighted by atomic mass is 14.3. The second kappa shape index (κ2) is 7.14. The fourth-order valence-corrected chi connectivity index (χ4v) is 2.63. The van der Waals surface area contributed by atoms with Gasteiger partial charge in [-0.2, -0.15) is 15.8 Å². The van der Waals surface area contributed by atoms with E-state index in [1.807, 2.05) is 36.4 Å². The molecular weight excluding hydrogens is 306 g/mol. The molecule has 0 aliphatic rings. The Morgan fingerprint density at radius 2 is 0.680 bits per heavy atom. The normalized spacial score (nSPS) is 9.84. The third kappa shape index (κ3) is 3.40. The van der Waals surface area contributed by atoms with E-state index in [1.165, 1.54) is 0 Å². The van der Waals surface area contributed by atoms with Crippen LogP contribution in [0.15, 0.2) is 72.8 Å². The number of rotatable bonds is 3. The molecule has 3 nitrogen and oxygen atoms in total. The SMILES string of the molecule is N#Cc1ccc([C](c2ccc(C#N)cc2)c2ccc(C#N)cc2)cc1. The molecule has 0 spiro atoms. The molecule has 3 heteroatoms. The lowest BCUT2D eigenvalue weighted by atomic mass is 9.84. The van der Waals surface area contributed by atoms with Gasteiger partial charge in [-0.05, 0) is 53.1 Å². The monoisotopic (exact) mass is 318 g/mol. The minimum Gasteiger partial charge on any atom is -0.192 e. The molecule has 0 aliphatic carbocycles. The zero-order chi connectivity index (χ0) is 17.6. The van der Waals surface area contributed by atoms with Crippen molar-refractivity contribution in [2.24, 2.45) is 0 Å². The molecule has 0 saturated heterocycles. The maximum atomic E-state index is 9.00. The molecule has 25 heavy (non-hydrogen) atoms. The van der Waals surface area contributed by atoms with Crippen LogP contribution >= 0.6 is 0 Å². The third-order valence-electron chi connectivity index (χ3n) is 3.91. The summed E-state index contributed by atoms with van der Waals surface area (Å²) in [6.45, 7) is 0. The first kappa shape index (κ1) is 16.0. The van der Waals surface area contributed by atoms with Crippen LogP contribution in [0.2, 0.25) is 0 Å². The highest BCUT2D eigenvalue weighted by Crippen LogP contribution is 2.31. The van der Waals surface area contributed by atoms with Gasteiger partial charge in [0.2, 0.25) is 0 Å². The quantitative estimate of drug-likeness (QED) is 0.675. The van der Waals surface area contributed by atoms with E-state index in [-0.39, 0.29) is 0 Å². The fraction of sp³-hybridized carbons (Fsp3) is 0. The van der Waals surface area contributed by atoms with Crippen molar-refractivity contribution in [1.29, 1.82) is 15.8 Å². The van der Waals surface area contributed by atoms with E-state index in [1.54, 1.807) is 36.4 Å². The lowest BCUT2D eigenvalue weighted by Gasteiger charge is -2.18. The first-order chi connectivity index (χ1) is 12.2. The molecule has 0 saturated carbocycles. The Hall–Kier alpha value is -3.87. The summed E-state index contributed by atoms with van der Waals surface area (Å²) in [6.07, 6.45) is 0. The fourth-order valence-electron chi connectivity index (χ4n) is 2.63. The smallest absolute Gasteiger partial charge is 0.0991 e. The second-order valence-electron chi connectivity index (χ2n) is 5.44. The average molecular weight is 318 g/mol. The highest BCUT2D eigenvalue weighted by molar-refractivity contribution is 5.59. The third-order valence-corrected chi connectivity index (χ3v) is 3.91. The van der Waals surface area contributed by atoms with Crippen molar-refractivity contribution >= 4 is 0 Å². The van der Waals surface area contributed by atoms with E-state index in [4.69, 9.17) is 15.8 Å². The lowest BCUT2D eigenvalue weighted by Crippen LogP contribution is -2.04. The summed E-state index contributed by atoms with van der Waals surface area (Å²) in [7, 11) is 0. The van der Waals surface area contributed by atoms with Crippen LogP contribution in [-0.4, -0.2) is 0 Å². The van der Waals surface area contributed by atoms with Gasteiger partial charge in [0.25, 0.3) is 0 Å². The molecule has 0 N–H and O–H groups in total. The van der Waals surface area contributed by atoms with Gasteiger partial charge >= 0.3 is 0 Å². The maximum Gasteiger partial charge on any atom is 0.0991 e. The largest absolute Gasteiger partial charge is 0.192 e. The van der Waals surface area contributed by atoms with Gasteiger partial charge < -0.3 is 0 Å². The Labute approximate surface area is 146 Å². The molecule has 3 aromatic carbocycles. The average Bonchev–Trinajstić information content (AvgIpc) is 2.70. The highest BCUT2D eigenvalue weighted by Gasteiger charge is 2.18. The molecule has 115 valence electrons. The Morgan fingerprint density at radius 1 is 0.440 bits per heavy atom. The van der Waals surface area contributed by atoms with Crippen molar-refractivity contribution in [2.45, 2.75) is 0 Å². The van der Waals surface area contributed by atoms with E-state index < -0.39 is 0 Å². The maximum absolute atomic E-state index is 9.00. The molecular formula is C22H12N3. The number of nitriles is 3. The molecule has 3 aromatic rings. The van der Waals surface area contributed by atoms with Gasteiger partial charge in [0.15, 0.2) is 0 Å². The van der Waals surface area contributed by atoms with Crippen molar-refractivity contribution < 1.29 is 0 Å². The van der Waals surface area contributed by atoms with E-state index in [0.29, 0.717) is 16.7 Å². The summed E-state index contributed by atoms with van der Waals surface area (Å²) in [4.78, 5) is 0. The van der Waals surface area contributed by atoms with Crippen LogP contribution in [0.25, 0.3) is 0 Å². The van der Waals surface area contributed by atoms with Crippen LogP contribution < -0.4 is 0 Å². The molecule has 0 atom stereocenters. The zero-order valence-electron chi connectivity index (χ0n) is 13.3. The van der Waals surface area contributed by atoms with E-state index in [0.717, 1.165) is 22.6 Å². The summed E-state index contributed by atoms with van der Waals surface area (Å²) >= 11 is 0. The molecule has 0 fully saturated rings. The predicted octanol–water partition coefficient (Wildman–Crippen LogP) is 4.32. The standard InChI is InChI=1S/C22H12N3/c23-13-16-1-7-19(8-2-16)22(20-9-3-17(14-24)4-10-20)21-11-5-18(15-25)6-12-21/h1-12H. The molecule has 0 heterocycles. The summed E-state index contributed by atoms with van der Waals surface area (Å²) in [5.41, 5.74) is 4.70. The van der Waals surface area contributed by atoms with E-state index in [9.17, 15) is 0 Å². The van der Waals surface area contributed by atoms with Crippen molar-refractivity contribution in [1.82, 2.24) is 0 Å². The first-order valence-corrected chi connectivity index (χ1v) is 7.63. The van der Waals surface area contributed by atoms with Gasteiger partial charge in [-0.1, -0.05) is 36.4 Å².